The third kappa shape index (κ3) is 2.54. The number of nitrogens with zero attached hydrogens (tertiary/aromatic N) is 2. The lowest BCUT2D eigenvalue weighted by molar-refractivity contribution is -0.385. The van der Waals surface area contributed by atoms with Crippen LogP contribution in [0.4, 0.5) is 11.5 Å². The number of rotatable bonds is 4. The maximum absolute atomic E-state index is 10.6. The van der Waals surface area contributed by atoms with Crippen molar-refractivity contribution in [3.63, 3.8) is 0 Å². The zero-order valence-electron chi connectivity index (χ0n) is 10.4. The number of hydrogen-bond donors (Lipinski definition) is 1. The van der Waals surface area contributed by atoms with Crippen LogP contribution in [0.15, 0.2) is 12.3 Å². The van der Waals surface area contributed by atoms with Crippen molar-refractivity contribution >= 4 is 11.5 Å². The fourth-order valence-electron chi connectivity index (χ4n) is 2.00. The summed E-state index contributed by atoms with van der Waals surface area (Å²) in [6.45, 7) is 6.13. The third-order valence-electron chi connectivity index (χ3n) is 3.31. The molecule has 0 amide bonds. The van der Waals surface area contributed by atoms with Gasteiger partial charge in [-0.1, -0.05) is 0 Å². The van der Waals surface area contributed by atoms with Gasteiger partial charge in [0.2, 0.25) is 0 Å². The smallest absolute Gasteiger partial charge is 0.287 e. The highest BCUT2D eigenvalue weighted by Gasteiger charge is 2.38. The Bertz CT molecular complexity index is 453. The first-order valence-corrected chi connectivity index (χ1v) is 5.79. The molecule has 1 aromatic rings. The van der Waals surface area contributed by atoms with Gasteiger partial charge in [-0.3, -0.25) is 10.1 Å². The summed E-state index contributed by atoms with van der Waals surface area (Å²) >= 11 is 0. The molecule has 0 bridgehead atoms. The molecule has 1 aliphatic carbocycles. The minimum absolute atomic E-state index is 0.00783. The Morgan fingerprint density at radius 3 is 2.65 bits per heavy atom. The molecule has 0 spiro atoms. The summed E-state index contributed by atoms with van der Waals surface area (Å²) in [5.41, 5.74) is 0.860. The Labute approximate surface area is 100 Å². The van der Waals surface area contributed by atoms with Crippen molar-refractivity contribution in [1.29, 1.82) is 0 Å². The van der Waals surface area contributed by atoms with Gasteiger partial charge < -0.3 is 5.32 Å². The monoisotopic (exact) mass is 235 g/mol. The lowest BCUT2D eigenvalue weighted by Crippen LogP contribution is -2.34. The van der Waals surface area contributed by atoms with E-state index in [-0.39, 0.29) is 11.2 Å². The number of pyridine rings is 1. The first kappa shape index (κ1) is 11.8. The van der Waals surface area contributed by atoms with Gasteiger partial charge in [0, 0.05) is 11.6 Å². The molecule has 0 radical (unpaired) electrons. The van der Waals surface area contributed by atoms with E-state index in [4.69, 9.17) is 0 Å². The molecule has 17 heavy (non-hydrogen) atoms. The van der Waals surface area contributed by atoms with Crippen molar-refractivity contribution < 1.29 is 4.92 Å². The zero-order valence-corrected chi connectivity index (χ0v) is 10.4. The number of hydrogen-bond acceptors (Lipinski definition) is 4. The SMILES string of the molecule is Cc1cc([N+](=O)[O-])cnc1NC(C)(C)C1CC1. The van der Waals surface area contributed by atoms with E-state index in [1.54, 1.807) is 6.07 Å². The van der Waals surface area contributed by atoms with E-state index in [0.29, 0.717) is 5.92 Å². The Balaban J connectivity index is 2.19. The first-order chi connectivity index (χ1) is 7.90. The normalized spacial score (nSPS) is 15.7. The van der Waals surface area contributed by atoms with E-state index in [1.807, 2.05) is 6.92 Å². The number of anilines is 1. The summed E-state index contributed by atoms with van der Waals surface area (Å²) in [7, 11) is 0. The number of nitrogens with one attached hydrogen (secondary N) is 1. The van der Waals surface area contributed by atoms with E-state index in [1.165, 1.54) is 19.0 Å². The van der Waals surface area contributed by atoms with Gasteiger partial charge in [-0.15, -0.1) is 0 Å². The van der Waals surface area contributed by atoms with Crippen LogP contribution in [0.1, 0.15) is 32.3 Å². The minimum atomic E-state index is -0.421. The van der Waals surface area contributed by atoms with Gasteiger partial charge in [-0.25, -0.2) is 4.98 Å². The molecule has 0 saturated heterocycles. The summed E-state index contributed by atoms with van der Waals surface area (Å²) in [6, 6.07) is 1.55. The van der Waals surface area contributed by atoms with Crippen molar-refractivity contribution in [3.05, 3.63) is 27.9 Å². The van der Waals surface area contributed by atoms with Crippen LogP contribution in [0.3, 0.4) is 0 Å². The van der Waals surface area contributed by atoms with Crippen LogP contribution < -0.4 is 5.32 Å². The quantitative estimate of drug-likeness (QED) is 0.643. The van der Waals surface area contributed by atoms with Crippen LogP contribution in [0.25, 0.3) is 0 Å². The van der Waals surface area contributed by atoms with Gasteiger partial charge in [-0.2, -0.15) is 0 Å². The molecule has 2 rings (SSSR count). The van der Waals surface area contributed by atoms with Crippen molar-refractivity contribution in [2.45, 2.75) is 39.2 Å². The molecule has 0 aliphatic heterocycles. The fraction of sp³-hybridized carbons (Fsp3) is 0.583. The van der Waals surface area contributed by atoms with Gasteiger partial charge in [-0.05, 0) is 45.1 Å². The largest absolute Gasteiger partial charge is 0.365 e. The molecule has 1 aromatic heterocycles. The van der Waals surface area contributed by atoms with Gasteiger partial charge in [0.1, 0.15) is 12.0 Å². The summed E-state index contributed by atoms with van der Waals surface area (Å²) in [4.78, 5) is 14.3. The van der Waals surface area contributed by atoms with Crippen LogP contribution in [-0.4, -0.2) is 15.4 Å². The topological polar surface area (TPSA) is 68.1 Å². The standard InChI is InChI=1S/C12H17N3O2/c1-8-6-10(15(16)17)7-13-11(8)14-12(2,3)9-4-5-9/h6-7,9H,4-5H2,1-3H3,(H,13,14). The summed E-state index contributed by atoms with van der Waals surface area (Å²) in [5, 5.41) is 14.0. The molecule has 1 fully saturated rings. The highest BCUT2D eigenvalue weighted by molar-refractivity contribution is 5.50. The average molecular weight is 235 g/mol. The molecule has 1 N–H and O–H groups in total. The fourth-order valence-corrected chi connectivity index (χ4v) is 2.00. The van der Waals surface area contributed by atoms with Crippen molar-refractivity contribution in [1.82, 2.24) is 4.98 Å². The Hall–Kier alpha value is -1.65. The maximum Gasteiger partial charge on any atom is 0.287 e. The highest BCUT2D eigenvalue weighted by atomic mass is 16.6. The van der Waals surface area contributed by atoms with Crippen molar-refractivity contribution in [3.8, 4) is 0 Å². The highest BCUT2D eigenvalue weighted by Crippen LogP contribution is 2.41. The average Bonchev–Trinajstić information content (AvgIpc) is 3.04. The molecule has 1 aliphatic rings. The van der Waals surface area contributed by atoms with E-state index < -0.39 is 4.92 Å². The maximum atomic E-state index is 10.6. The Kier molecular flexibility index (Phi) is 2.77. The van der Waals surface area contributed by atoms with E-state index >= 15 is 0 Å². The van der Waals surface area contributed by atoms with Gasteiger partial charge in [0.05, 0.1) is 4.92 Å². The first-order valence-electron chi connectivity index (χ1n) is 5.79. The summed E-state index contributed by atoms with van der Waals surface area (Å²) in [6.07, 6.45) is 3.79. The van der Waals surface area contributed by atoms with E-state index in [0.717, 1.165) is 11.4 Å². The molecule has 0 atom stereocenters. The number of aryl methyl sites for hydroxylation is 1. The lowest BCUT2D eigenvalue weighted by atomic mass is 9.98. The molecular formula is C12H17N3O2. The van der Waals surface area contributed by atoms with Crippen LogP contribution >= 0.6 is 0 Å². The Morgan fingerprint density at radius 1 is 1.53 bits per heavy atom. The minimum Gasteiger partial charge on any atom is -0.365 e. The second kappa shape index (κ2) is 3.98. The molecule has 1 saturated carbocycles. The van der Waals surface area contributed by atoms with E-state index in [9.17, 15) is 10.1 Å². The van der Waals surface area contributed by atoms with Crippen LogP contribution in [0.2, 0.25) is 0 Å². The number of nitro groups is 1. The molecule has 0 unspecified atom stereocenters. The van der Waals surface area contributed by atoms with Crippen LogP contribution in [0, 0.1) is 23.0 Å². The van der Waals surface area contributed by atoms with Crippen LogP contribution in [-0.2, 0) is 0 Å². The molecule has 1 heterocycles. The predicted molar refractivity (Wildman–Crippen MR) is 66.1 cm³/mol. The third-order valence-corrected chi connectivity index (χ3v) is 3.31. The predicted octanol–water partition coefficient (Wildman–Crippen LogP) is 2.90. The zero-order chi connectivity index (χ0) is 12.6. The molecule has 92 valence electrons. The van der Waals surface area contributed by atoms with Crippen molar-refractivity contribution in [2.75, 3.05) is 5.32 Å². The van der Waals surface area contributed by atoms with Crippen molar-refractivity contribution in [2.24, 2.45) is 5.92 Å². The molecule has 0 aromatic carbocycles. The van der Waals surface area contributed by atoms with Gasteiger partial charge in [0.25, 0.3) is 5.69 Å². The lowest BCUT2D eigenvalue weighted by Gasteiger charge is -2.27. The molecule has 5 nitrogen and oxygen atoms in total. The molecule has 5 heteroatoms. The van der Waals surface area contributed by atoms with Gasteiger partial charge in [0.15, 0.2) is 0 Å². The summed E-state index contributed by atoms with van der Waals surface area (Å²) in [5.74, 6) is 1.42. The summed E-state index contributed by atoms with van der Waals surface area (Å²) < 4.78 is 0. The Morgan fingerprint density at radius 2 is 2.18 bits per heavy atom. The van der Waals surface area contributed by atoms with Crippen LogP contribution in [0.5, 0.6) is 0 Å². The number of aromatic nitrogens is 1. The van der Waals surface area contributed by atoms with Gasteiger partial charge >= 0.3 is 0 Å². The second-order valence-corrected chi connectivity index (χ2v) is 5.24. The second-order valence-electron chi connectivity index (χ2n) is 5.24. The van der Waals surface area contributed by atoms with E-state index in [2.05, 4.69) is 24.1 Å². The molecular weight excluding hydrogens is 218 g/mol.